The van der Waals surface area contributed by atoms with Gasteiger partial charge >= 0.3 is 0 Å². The van der Waals surface area contributed by atoms with Gasteiger partial charge in [-0.3, -0.25) is 18.8 Å². The Labute approximate surface area is 135 Å². The number of aromatic nitrogens is 4. The minimum atomic E-state index is -0.256. The largest absolute Gasteiger partial charge is 0.304 e. The fourth-order valence-corrected chi connectivity index (χ4v) is 4.03. The maximum Gasteiger partial charge on any atom is 0.267 e. The SMILES string of the molecule is Cc1c(C(=O)Nc2ccn(C)n2)sc2nc3n(c(=O)c12)CCC3. The van der Waals surface area contributed by atoms with Crippen molar-refractivity contribution in [2.75, 3.05) is 5.32 Å². The van der Waals surface area contributed by atoms with Crippen LogP contribution in [-0.4, -0.2) is 25.2 Å². The number of rotatable bonds is 2. The molecule has 23 heavy (non-hydrogen) atoms. The van der Waals surface area contributed by atoms with Gasteiger partial charge in [0, 0.05) is 32.3 Å². The van der Waals surface area contributed by atoms with E-state index in [4.69, 9.17) is 0 Å². The number of aryl methyl sites for hydroxylation is 3. The summed E-state index contributed by atoms with van der Waals surface area (Å²) < 4.78 is 3.34. The van der Waals surface area contributed by atoms with Crippen molar-refractivity contribution in [2.24, 2.45) is 7.05 Å². The molecular weight excluding hydrogens is 314 g/mol. The Morgan fingerprint density at radius 1 is 1.43 bits per heavy atom. The van der Waals surface area contributed by atoms with E-state index in [1.165, 1.54) is 11.3 Å². The first-order chi connectivity index (χ1) is 11.0. The van der Waals surface area contributed by atoms with Crippen molar-refractivity contribution < 1.29 is 4.79 Å². The second-order valence-electron chi connectivity index (χ2n) is 5.65. The number of thiophene rings is 1. The zero-order chi connectivity index (χ0) is 16.1. The fourth-order valence-electron chi connectivity index (χ4n) is 2.95. The molecule has 0 fully saturated rings. The maximum absolute atomic E-state index is 12.6. The van der Waals surface area contributed by atoms with Gasteiger partial charge in [-0.2, -0.15) is 5.10 Å². The quantitative estimate of drug-likeness (QED) is 0.776. The van der Waals surface area contributed by atoms with E-state index in [0.29, 0.717) is 33.0 Å². The smallest absolute Gasteiger partial charge is 0.267 e. The lowest BCUT2D eigenvalue weighted by atomic mass is 10.2. The lowest BCUT2D eigenvalue weighted by Gasteiger charge is -2.02. The average Bonchev–Trinajstić information content (AvgIpc) is 3.19. The molecule has 1 aliphatic heterocycles. The summed E-state index contributed by atoms with van der Waals surface area (Å²) in [6.45, 7) is 2.51. The third kappa shape index (κ3) is 2.17. The highest BCUT2D eigenvalue weighted by Crippen LogP contribution is 2.29. The van der Waals surface area contributed by atoms with Crippen LogP contribution in [0.5, 0.6) is 0 Å². The van der Waals surface area contributed by atoms with Crippen LogP contribution >= 0.6 is 11.3 Å². The lowest BCUT2D eigenvalue weighted by molar-refractivity contribution is 0.102. The molecule has 0 radical (unpaired) electrons. The summed E-state index contributed by atoms with van der Waals surface area (Å²) in [5.41, 5.74) is 0.659. The van der Waals surface area contributed by atoms with Gasteiger partial charge in [-0.1, -0.05) is 0 Å². The molecule has 0 aromatic carbocycles. The molecule has 7 nitrogen and oxygen atoms in total. The molecule has 3 aromatic rings. The van der Waals surface area contributed by atoms with Crippen molar-refractivity contribution in [1.29, 1.82) is 0 Å². The molecule has 3 aromatic heterocycles. The minimum Gasteiger partial charge on any atom is -0.304 e. The summed E-state index contributed by atoms with van der Waals surface area (Å²) in [7, 11) is 1.78. The van der Waals surface area contributed by atoms with Gasteiger partial charge < -0.3 is 5.32 Å². The van der Waals surface area contributed by atoms with E-state index in [1.54, 1.807) is 35.5 Å². The van der Waals surface area contributed by atoms with Crippen molar-refractivity contribution >= 4 is 33.3 Å². The Balaban J connectivity index is 1.79. The third-order valence-corrected chi connectivity index (χ3v) is 5.26. The molecule has 0 aliphatic carbocycles. The first-order valence-electron chi connectivity index (χ1n) is 7.38. The number of amides is 1. The highest BCUT2D eigenvalue weighted by molar-refractivity contribution is 7.20. The van der Waals surface area contributed by atoms with Crippen molar-refractivity contribution in [3.63, 3.8) is 0 Å². The standard InChI is InChI=1S/C15H15N5O2S/c1-8-11-14(17-10-4-3-6-20(10)15(11)22)23-12(8)13(21)16-9-5-7-19(2)18-9/h5,7H,3-4,6H2,1-2H3,(H,16,18,21). The topological polar surface area (TPSA) is 81.8 Å². The molecule has 1 aliphatic rings. The van der Waals surface area contributed by atoms with Gasteiger partial charge in [-0.25, -0.2) is 4.98 Å². The Hall–Kier alpha value is -2.48. The molecule has 0 bridgehead atoms. The third-order valence-electron chi connectivity index (χ3n) is 4.07. The van der Waals surface area contributed by atoms with E-state index in [0.717, 1.165) is 18.7 Å². The molecule has 0 saturated heterocycles. The van der Waals surface area contributed by atoms with Crippen LogP contribution in [0.2, 0.25) is 0 Å². The summed E-state index contributed by atoms with van der Waals surface area (Å²) in [5.74, 6) is 1.05. The molecule has 0 saturated carbocycles. The molecule has 4 heterocycles. The molecule has 0 unspecified atom stereocenters. The van der Waals surface area contributed by atoms with E-state index >= 15 is 0 Å². The highest BCUT2D eigenvalue weighted by atomic mass is 32.1. The van der Waals surface area contributed by atoms with Gasteiger partial charge in [-0.05, 0) is 18.9 Å². The number of nitrogens with zero attached hydrogens (tertiary/aromatic N) is 4. The first kappa shape index (κ1) is 14.1. The predicted octanol–water partition coefficient (Wildman–Crippen LogP) is 1.70. The van der Waals surface area contributed by atoms with Crippen LogP contribution in [0.25, 0.3) is 10.2 Å². The van der Waals surface area contributed by atoms with Crippen LogP contribution in [0.3, 0.4) is 0 Å². The van der Waals surface area contributed by atoms with Crippen LogP contribution in [-0.2, 0) is 20.0 Å². The van der Waals surface area contributed by atoms with Crippen LogP contribution in [0.1, 0.15) is 27.5 Å². The molecule has 8 heteroatoms. The summed E-state index contributed by atoms with van der Waals surface area (Å²) in [5, 5.41) is 7.46. The second-order valence-corrected chi connectivity index (χ2v) is 6.65. The maximum atomic E-state index is 12.6. The van der Waals surface area contributed by atoms with Gasteiger partial charge in [0.25, 0.3) is 11.5 Å². The number of nitrogens with one attached hydrogen (secondary N) is 1. The summed E-state index contributed by atoms with van der Waals surface area (Å²) in [6, 6.07) is 1.72. The molecule has 118 valence electrons. The van der Waals surface area contributed by atoms with E-state index in [9.17, 15) is 9.59 Å². The number of hydrogen-bond donors (Lipinski definition) is 1. The number of fused-ring (bicyclic) bond motifs is 2. The van der Waals surface area contributed by atoms with Crippen molar-refractivity contribution in [1.82, 2.24) is 19.3 Å². The van der Waals surface area contributed by atoms with Crippen molar-refractivity contribution in [2.45, 2.75) is 26.3 Å². The number of carbonyl (C=O) groups excluding carboxylic acids is 1. The van der Waals surface area contributed by atoms with Crippen LogP contribution in [0.15, 0.2) is 17.1 Å². The second kappa shape index (κ2) is 5.02. The molecule has 0 atom stereocenters. The van der Waals surface area contributed by atoms with Crippen LogP contribution in [0, 0.1) is 6.92 Å². The van der Waals surface area contributed by atoms with Crippen molar-refractivity contribution in [3.05, 3.63) is 38.9 Å². The summed E-state index contributed by atoms with van der Waals surface area (Å²) >= 11 is 1.27. The highest BCUT2D eigenvalue weighted by Gasteiger charge is 2.23. The molecule has 0 spiro atoms. The number of anilines is 1. The molecule has 1 N–H and O–H groups in total. The molecule has 4 rings (SSSR count). The van der Waals surface area contributed by atoms with Gasteiger partial charge in [0.2, 0.25) is 0 Å². The summed E-state index contributed by atoms with van der Waals surface area (Å²) in [6.07, 6.45) is 3.52. The van der Waals surface area contributed by atoms with Gasteiger partial charge in [0.1, 0.15) is 10.7 Å². The zero-order valence-electron chi connectivity index (χ0n) is 12.8. The van der Waals surface area contributed by atoms with Gasteiger partial charge in [0.15, 0.2) is 5.82 Å². The average molecular weight is 329 g/mol. The van der Waals surface area contributed by atoms with Gasteiger partial charge in [0.05, 0.1) is 10.3 Å². The minimum absolute atomic E-state index is 0.0341. The lowest BCUT2D eigenvalue weighted by Crippen LogP contribution is -2.20. The van der Waals surface area contributed by atoms with Gasteiger partial charge in [-0.15, -0.1) is 11.3 Å². The van der Waals surface area contributed by atoms with Crippen LogP contribution < -0.4 is 10.9 Å². The Kier molecular flexibility index (Phi) is 3.08. The van der Waals surface area contributed by atoms with E-state index in [-0.39, 0.29) is 11.5 Å². The Morgan fingerprint density at radius 2 is 2.26 bits per heavy atom. The normalized spacial score (nSPS) is 13.5. The van der Waals surface area contributed by atoms with Crippen molar-refractivity contribution in [3.8, 4) is 0 Å². The molecule has 1 amide bonds. The first-order valence-corrected chi connectivity index (χ1v) is 8.20. The van der Waals surface area contributed by atoms with E-state index in [1.807, 2.05) is 0 Å². The fraction of sp³-hybridized carbons (Fsp3) is 0.333. The number of carbonyl (C=O) groups is 1. The summed E-state index contributed by atoms with van der Waals surface area (Å²) in [4.78, 5) is 30.8. The Morgan fingerprint density at radius 3 is 3.00 bits per heavy atom. The van der Waals surface area contributed by atoms with E-state index < -0.39 is 0 Å². The van der Waals surface area contributed by atoms with E-state index in [2.05, 4.69) is 15.4 Å². The monoisotopic (exact) mass is 329 g/mol. The molecular formula is C15H15N5O2S. The Bertz CT molecular complexity index is 997. The zero-order valence-corrected chi connectivity index (χ0v) is 13.6. The predicted molar refractivity (Wildman–Crippen MR) is 88.1 cm³/mol. The number of hydrogen-bond acceptors (Lipinski definition) is 5. The van der Waals surface area contributed by atoms with Crippen LogP contribution in [0.4, 0.5) is 5.82 Å².